The molecule has 7 heteroatoms. The van der Waals surface area contributed by atoms with Crippen molar-refractivity contribution < 1.29 is 14.1 Å². The molecule has 0 radical (unpaired) electrons. The van der Waals surface area contributed by atoms with Crippen LogP contribution in [0.25, 0.3) is 0 Å². The third kappa shape index (κ3) is 1.83. The number of nitrogens with zero attached hydrogens (tertiary/aromatic N) is 2. The lowest BCUT2D eigenvalue weighted by Gasteiger charge is -2.11. The van der Waals surface area contributed by atoms with Gasteiger partial charge in [0.25, 0.3) is 11.7 Å². The maximum absolute atomic E-state index is 10.8. The van der Waals surface area contributed by atoms with Crippen LogP contribution in [-0.2, 0) is 4.74 Å². The molecule has 2 rings (SSSR count). The maximum atomic E-state index is 10.8. The smallest absolute Gasteiger partial charge is 0.290 e. The summed E-state index contributed by atoms with van der Waals surface area (Å²) in [5, 5.41) is 6.57. The van der Waals surface area contributed by atoms with E-state index in [1.165, 1.54) is 0 Å². The molecule has 1 amide bonds. The summed E-state index contributed by atoms with van der Waals surface area (Å²) in [6.07, 6.45) is 0. The fraction of sp³-hybridized carbons (Fsp3) is 0.625. The predicted octanol–water partition coefficient (Wildman–Crippen LogP) is -1.13. The third-order valence-corrected chi connectivity index (χ3v) is 2.43. The zero-order chi connectivity index (χ0) is 10.8. The van der Waals surface area contributed by atoms with Crippen LogP contribution >= 0.6 is 0 Å². The molecule has 0 aromatic carbocycles. The Hall–Kier alpha value is -1.47. The number of nitrogens with two attached hydrogens (primary N) is 1. The minimum Gasteiger partial charge on any atom is -0.379 e. The number of carbonyl (C=O) groups excluding carboxylic acids is 1. The summed E-state index contributed by atoms with van der Waals surface area (Å²) in [4.78, 5) is 14.7. The van der Waals surface area contributed by atoms with E-state index in [1.54, 1.807) is 0 Å². The highest BCUT2D eigenvalue weighted by Crippen LogP contribution is 2.23. The van der Waals surface area contributed by atoms with Gasteiger partial charge in [-0.2, -0.15) is 4.98 Å². The van der Waals surface area contributed by atoms with Gasteiger partial charge in [-0.25, -0.2) is 0 Å². The van der Waals surface area contributed by atoms with Gasteiger partial charge >= 0.3 is 0 Å². The van der Waals surface area contributed by atoms with E-state index in [-0.39, 0.29) is 17.8 Å². The molecular formula is C8H12N4O3. The Labute approximate surface area is 86.0 Å². The normalized spacial score (nSPS) is 25.7. The second-order valence-electron chi connectivity index (χ2n) is 3.36. The molecule has 0 aliphatic carbocycles. The molecule has 82 valence electrons. The summed E-state index contributed by atoms with van der Waals surface area (Å²) in [6.45, 7) is 1.10. The lowest BCUT2D eigenvalue weighted by Crippen LogP contribution is -2.31. The van der Waals surface area contributed by atoms with Crippen LogP contribution in [0.3, 0.4) is 0 Å². The molecule has 3 N–H and O–H groups in total. The molecule has 2 unspecified atom stereocenters. The number of rotatable bonds is 3. The van der Waals surface area contributed by atoms with Gasteiger partial charge in [0.1, 0.15) is 0 Å². The first kappa shape index (κ1) is 10.1. The lowest BCUT2D eigenvalue weighted by molar-refractivity contribution is 0.0987. The quantitative estimate of drug-likeness (QED) is 0.657. The van der Waals surface area contributed by atoms with Crippen LogP contribution in [0, 0.1) is 0 Å². The number of primary amides is 1. The van der Waals surface area contributed by atoms with Crippen molar-refractivity contribution in [3.63, 3.8) is 0 Å². The SMILES string of the molecule is CNC1COCC1c1nc(C(N)=O)no1. The molecule has 1 aliphatic heterocycles. The van der Waals surface area contributed by atoms with E-state index in [9.17, 15) is 4.79 Å². The summed E-state index contributed by atoms with van der Waals surface area (Å²) < 4.78 is 10.2. The Morgan fingerprint density at radius 1 is 1.60 bits per heavy atom. The van der Waals surface area contributed by atoms with Crippen molar-refractivity contribution in [3.8, 4) is 0 Å². The van der Waals surface area contributed by atoms with E-state index in [0.29, 0.717) is 19.1 Å². The van der Waals surface area contributed by atoms with Gasteiger partial charge in [-0.3, -0.25) is 4.79 Å². The van der Waals surface area contributed by atoms with Crippen molar-refractivity contribution in [2.45, 2.75) is 12.0 Å². The molecule has 1 aromatic rings. The van der Waals surface area contributed by atoms with Crippen molar-refractivity contribution >= 4 is 5.91 Å². The molecule has 1 fully saturated rings. The summed E-state index contributed by atoms with van der Waals surface area (Å²) in [5.74, 6) is -0.409. The summed E-state index contributed by atoms with van der Waals surface area (Å²) in [5.41, 5.74) is 5.02. The zero-order valence-corrected chi connectivity index (χ0v) is 8.27. The Kier molecular flexibility index (Phi) is 2.65. The average molecular weight is 212 g/mol. The number of nitrogens with one attached hydrogen (secondary N) is 1. The Balaban J connectivity index is 2.18. The van der Waals surface area contributed by atoms with E-state index in [2.05, 4.69) is 15.5 Å². The molecule has 0 bridgehead atoms. The van der Waals surface area contributed by atoms with Crippen LogP contribution < -0.4 is 11.1 Å². The van der Waals surface area contributed by atoms with Crippen LogP contribution in [0.4, 0.5) is 0 Å². The Morgan fingerprint density at radius 3 is 3.00 bits per heavy atom. The maximum Gasteiger partial charge on any atom is 0.290 e. The molecule has 15 heavy (non-hydrogen) atoms. The highest BCUT2D eigenvalue weighted by Gasteiger charge is 2.33. The molecule has 1 aliphatic rings. The van der Waals surface area contributed by atoms with Crippen LogP contribution in [0.2, 0.25) is 0 Å². The van der Waals surface area contributed by atoms with Crippen LogP contribution in [0.1, 0.15) is 22.4 Å². The second kappa shape index (κ2) is 3.95. The summed E-state index contributed by atoms with van der Waals surface area (Å²) >= 11 is 0. The number of ether oxygens (including phenoxy) is 1. The number of hydrogen-bond acceptors (Lipinski definition) is 6. The number of amides is 1. The monoisotopic (exact) mass is 212 g/mol. The van der Waals surface area contributed by atoms with E-state index in [0.717, 1.165) is 0 Å². The first-order valence-corrected chi connectivity index (χ1v) is 4.60. The minimum absolute atomic E-state index is 0.0180. The van der Waals surface area contributed by atoms with Crippen molar-refractivity contribution in [2.24, 2.45) is 5.73 Å². The first-order valence-electron chi connectivity index (χ1n) is 4.60. The van der Waals surface area contributed by atoms with Gasteiger partial charge in [0.15, 0.2) is 0 Å². The van der Waals surface area contributed by atoms with E-state index < -0.39 is 5.91 Å². The van der Waals surface area contributed by atoms with Gasteiger partial charge in [-0.15, -0.1) is 0 Å². The number of carbonyl (C=O) groups is 1. The average Bonchev–Trinajstić information content (AvgIpc) is 2.85. The van der Waals surface area contributed by atoms with E-state index >= 15 is 0 Å². The number of likely N-dealkylation sites (N-methyl/N-ethyl adjacent to an activating group) is 1. The lowest BCUT2D eigenvalue weighted by atomic mass is 10.0. The van der Waals surface area contributed by atoms with Crippen molar-refractivity contribution in [3.05, 3.63) is 11.7 Å². The standard InChI is InChI=1S/C8H12N4O3/c1-10-5-3-14-2-4(5)8-11-7(6(9)13)12-15-8/h4-5,10H,2-3H2,1H3,(H2,9,13). The molecular weight excluding hydrogens is 200 g/mol. The van der Waals surface area contributed by atoms with Gasteiger partial charge in [0.05, 0.1) is 19.1 Å². The molecule has 2 heterocycles. The van der Waals surface area contributed by atoms with E-state index in [1.807, 2.05) is 7.05 Å². The van der Waals surface area contributed by atoms with Crippen LogP contribution in [0.15, 0.2) is 4.52 Å². The first-order chi connectivity index (χ1) is 7.22. The summed E-state index contributed by atoms with van der Waals surface area (Å²) in [7, 11) is 1.83. The van der Waals surface area contributed by atoms with Gasteiger partial charge in [0, 0.05) is 6.04 Å². The largest absolute Gasteiger partial charge is 0.379 e. The molecule has 0 saturated carbocycles. The number of aromatic nitrogens is 2. The van der Waals surface area contributed by atoms with Crippen LogP contribution in [-0.4, -0.2) is 42.4 Å². The van der Waals surface area contributed by atoms with Gasteiger partial charge in [-0.05, 0) is 7.05 Å². The zero-order valence-electron chi connectivity index (χ0n) is 8.27. The third-order valence-electron chi connectivity index (χ3n) is 2.43. The molecule has 1 aromatic heterocycles. The Bertz CT molecular complexity index is 365. The summed E-state index contributed by atoms with van der Waals surface area (Å²) in [6, 6.07) is 0.131. The topological polar surface area (TPSA) is 103 Å². The van der Waals surface area contributed by atoms with Crippen molar-refractivity contribution in [2.75, 3.05) is 20.3 Å². The van der Waals surface area contributed by atoms with Crippen molar-refractivity contribution in [1.82, 2.24) is 15.5 Å². The molecule has 1 saturated heterocycles. The highest BCUT2D eigenvalue weighted by atomic mass is 16.5. The van der Waals surface area contributed by atoms with Crippen molar-refractivity contribution in [1.29, 1.82) is 0 Å². The van der Waals surface area contributed by atoms with Gasteiger partial charge in [0.2, 0.25) is 5.89 Å². The molecule has 2 atom stereocenters. The number of hydrogen-bond donors (Lipinski definition) is 2. The van der Waals surface area contributed by atoms with Crippen LogP contribution in [0.5, 0.6) is 0 Å². The van der Waals surface area contributed by atoms with Gasteiger partial charge in [-0.1, -0.05) is 5.16 Å². The van der Waals surface area contributed by atoms with Gasteiger partial charge < -0.3 is 20.3 Å². The molecule has 7 nitrogen and oxygen atoms in total. The Morgan fingerprint density at radius 2 is 2.40 bits per heavy atom. The van der Waals surface area contributed by atoms with E-state index in [4.69, 9.17) is 15.0 Å². The minimum atomic E-state index is -0.690. The fourth-order valence-electron chi connectivity index (χ4n) is 1.57. The second-order valence-corrected chi connectivity index (χ2v) is 3.36. The highest BCUT2D eigenvalue weighted by molar-refractivity contribution is 5.88. The predicted molar refractivity (Wildman–Crippen MR) is 49.2 cm³/mol. The fourth-order valence-corrected chi connectivity index (χ4v) is 1.57. The molecule has 0 spiro atoms.